The smallest absolute Gasteiger partial charge is 0.279 e. The van der Waals surface area contributed by atoms with E-state index in [4.69, 9.17) is 4.74 Å². The van der Waals surface area contributed by atoms with Crippen LogP contribution < -0.4 is 4.72 Å². The highest BCUT2D eigenvalue weighted by atomic mass is 32.2. The summed E-state index contributed by atoms with van der Waals surface area (Å²) in [5.41, 5.74) is -0.204. The lowest BCUT2D eigenvalue weighted by molar-refractivity contribution is -0.00816. The van der Waals surface area contributed by atoms with Gasteiger partial charge in [-0.2, -0.15) is 12.7 Å². The molecule has 0 bridgehead atoms. The van der Waals surface area contributed by atoms with E-state index in [2.05, 4.69) is 37.3 Å². The van der Waals surface area contributed by atoms with Gasteiger partial charge in [-0.3, -0.25) is 4.90 Å². The lowest BCUT2D eigenvalue weighted by Crippen LogP contribution is -2.57. The van der Waals surface area contributed by atoms with E-state index in [1.54, 1.807) is 4.31 Å². The maximum atomic E-state index is 12.6. The van der Waals surface area contributed by atoms with Crippen molar-refractivity contribution in [2.24, 2.45) is 11.8 Å². The number of rotatable bonds is 5. The molecule has 22 heavy (non-hydrogen) atoms. The molecule has 0 saturated carbocycles. The van der Waals surface area contributed by atoms with Crippen LogP contribution in [-0.2, 0) is 14.9 Å². The molecule has 1 N–H and O–H groups in total. The Hall–Kier alpha value is -0.210. The summed E-state index contributed by atoms with van der Waals surface area (Å²) >= 11 is 0. The number of hydrogen-bond donors (Lipinski definition) is 1. The molecule has 6 nitrogen and oxygen atoms in total. The van der Waals surface area contributed by atoms with Gasteiger partial charge in [0.2, 0.25) is 0 Å². The number of nitrogens with zero attached hydrogens (tertiary/aromatic N) is 2. The van der Waals surface area contributed by atoms with Crippen molar-refractivity contribution < 1.29 is 13.2 Å². The number of morpholine rings is 1. The lowest BCUT2D eigenvalue weighted by Gasteiger charge is -2.41. The largest absolute Gasteiger partial charge is 0.379 e. The minimum Gasteiger partial charge on any atom is -0.379 e. The standard InChI is InChI=1S/C15H31N3O3S/c1-13-9-14(2)11-18(10-13)22(19,20)16-12-15(3,4)17-5-7-21-8-6-17/h13-14,16H,5-12H2,1-4H3. The van der Waals surface area contributed by atoms with Gasteiger partial charge >= 0.3 is 0 Å². The van der Waals surface area contributed by atoms with Crippen molar-refractivity contribution >= 4 is 10.2 Å². The summed E-state index contributed by atoms with van der Waals surface area (Å²) in [6.07, 6.45) is 1.10. The Balaban J connectivity index is 1.93. The Morgan fingerprint density at radius 1 is 1.14 bits per heavy atom. The highest BCUT2D eigenvalue weighted by molar-refractivity contribution is 7.87. The SMILES string of the molecule is CC1CC(C)CN(S(=O)(=O)NCC(C)(C)N2CCOCC2)C1. The zero-order valence-corrected chi connectivity index (χ0v) is 15.2. The molecular weight excluding hydrogens is 302 g/mol. The van der Waals surface area contributed by atoms with E-state index in [0.717, 1.165) is 32.7 Å². The summed E-state index contributed by atoms with van der Waals surface area (Å²) in [4.78, 5) is 2.29. The monoisotopic (exact) mass is 333 g/mol. The topological polar surface area (TPSA) is 61.9 Å². The molecule has 2 fully saturated rings. The second-order valence-electron chi connectivity index (χ2n) is 7.50. The van der Waals surface area contributed by atoms with Crippen molar-refractivity contribution in [3.05, 3.63) is 0 Å². The maximum Gasteiger partial charge on any atom is 0.279 e. The second kappa shape index (κ2) is 7.13. The van der Waals surface area contributed by atoms with Gasteiger partial charge in [0.05, 0.1) is 13.2 Å². The van der Waals surface area contributed by atoms with Crippen LogP contribution in [0, 0.1) is 11.8 Å². The van der Waals surface area contributed by atoms with Crippen LogP contribution in [-0.4, -0.2) is 69.1 Å². The van der Waals surface area contributed by atoms with E-state index >= 15 is 0 Å². The van der Waals surface area contributed by atoms with Gasteiger partial charge in [-0.1, -0.05) is 13.8 Å². The van der Waals surface area contributed by atoms with Crippen molar-refractivity contribution in [2.75, 3.05) is 45.9 Å². The summed E-state index contributed by atoms with van der Waals surface area (Å²) < 4.78 is 35.0. The lowest BCUT2D eigenvalue weighted by atomic mass is 9.94. The maximum absolute atomic E-state index is 12.6. The summed E-state index contributed by atoms with van der Waals surface area (Å²) in [5, 5.41) is 0. The Bertz CT molecular complexity index is 451. The van der Waals surface area contributed by atoms with Crippen molar-refractivity contribution in [1.29, 1.82) is 0 Å². The molecule has 0 aromatic carbocycles. The van der Waals surface area contributed by atoms with Crippen LogP contribution in [0.2, 0.25) is 0 Å². The summed E-state index contributed by atoms with van der Waals surface area (Å²) in [6.45, 7) is 13.2. The Morgan fingerprint density at radius 3 is 2.23 bits per heavy atom. The van der Waals surface area contributed by atoms with Crippen LogP contribution >= 0.6 is 0 Å². The predicted molar refractivity (Wildman–Crippen MR) is 87.9 cm³/mol. The molecule has 2 aliphatic rings. The number of piperidine rings is 1. The minimum absolute atomic E-state index is 0.204. The Morgan fingerprint density at radius 2 is 1.68 bits per heavy atom. The first-order valence-electron chi connectivity index (χ1n) is 8.28. The molecule has 0 radical (unpaired) electrons. The van der Waals surface area contributed by atoms with E-state index in [-0.39, 0.29) is 5.54 Å². The van der Waals surface area contributed by atoms with E-state index in [9.17, 15) is 8.42 Å². The van der Waals surface area contributed by atoms with Gasteiger partial charge in [0, 0.05) is 38.3 Å². The molecule has 2 unspecified atom stereocenters. The quantitative estimate of drug-likeness (QED) is 0.812. The number of ether oxygens (including phenoxy) is 1. The van der Waals surface area contributed by atoms with E-state index in [1.807, 2.05) is 0 Å². The average molecular weight is 333 g/mol. The average Bonchev–Trinajstić information content (AvgIpc) is 2.45. The normalized spacial score (nSPS) is 29.6. The highest BCUT2D eigenvalue weighted by Crippen LogP contribution is 2.23. The van der Waals surface area contributed by atoms with Gasteiger partial charge in [-0.05, 0) is 32.1 Å². The van der Waals surface area contributed by atoms with Gasteiger partial charge in [0.15, 0.2) is 0 Å². The first-order valence-corrected chi connectivity index (χ1v) is 9.72. The third-order valence-electron chi connectivity index (χ3n) is 4.73. The molecule has 0 aromatic rings. The molecule has 0 spiro atoms. The molecule has 2 atom stereocenters. The van der Waals surface area contributed by atoms with Crippen LogP contribution in [0.4, 0.5) is 0 Å². The van der Waals surface area contributed by atoms with E-state index < -0.39 is 10.2 Å². The van der Waals surface area contributed by atoms with Crippen molar-refractivity contribution in [2.45, 2.75) is 39.7 Å². The van der Waals surface area contributed by atoms with Crippen molar-refractivity contribution in [1.82, 2.24) is 13.9 Å². The van der Waals surface area contributed by atoms with Gasteiger partial charge < -0.3 is 4.74 Å². The van der Waals surface area contributed by atoms with E-state index in [0.29, 0.717) is 31.5 Å². The van der Waals surface area contributed by atoms with Crippen molar-refractivity contribution in [3.8, 4) is 0 Å². The third kappa shape index (κ3) is 4.64. The molecule has 2 saturated heterocycles. The second-order valence-corrected chi connectivity index (χ2v) is 9.26. The van der Waals surface area contributed by atoms with E-state index in [1.165, 1.54) is 0 Å². The molecule has 7 heteroatoms. The molecule has 0 amide bonds. The molecular formula is C15H31N3O3S. The zero-order chi connectivity index (χ0) is 16.4. The van der Waals surface area contributed by atoms with Crippen LogP contribution in [0.25, 0.3) is 0 Å². The van der Waals surface area contributed by atoms with Crippen LogP contribution in [0.3, 0.4) is 0 Å². The van der Waals surface area contributed by atoms with Gasteiger partial charge in [0.1, 0.15) is 0 Å². The fourth-order valence-corrected chi connectivity index (χ4v) is 5.06. The van der Waals surface area contributed by atoms with Crippen molar-refractivity contribution in [3.63, 3.8) is 0 Å². The minimum atomic E-state index is -3.40. The Kier molecular flexibility index (Phi) is 5.88. The van der Waals surface area contributed by atoms with Crippen LogP contribution in [0.15, 0.2) is 0 Å². The molecule has 0 aromatic heterocycles. The fourth-order valence-electron chi connectivity index (χ4n) is 3.44. The molecule has 0 aliphatic carbocycles. The molecule has 2 rings (SSSR count). The van der Waals surface area contributed by atoms with Gasteiger partial charge in [-0.25, -0.2) is 4.72 Å². The molecule has 2 heterocycles. The van der Waals surface area contributed by atoms with Gasteiger partial charge in [0.25, 0.3) is 10.2 Å². The first-order chi connectivity index (χ1) is 10.2. The summed E-state index contributed by atoms with van der Waals surface area (Å²) in [6, 6.07) is 0. The summed E-state index contributed by atoms with van der Waals surface area (Å²) in [7, 11) is -3.40. The molecule has 130 valence electrons. The van der Waals surface area contributed by atoms with Crippen LogP contribution in [0.5, 0.6) is 0 Å². The number of hydrogen-bond acceptors (Lipinski definition) is 4. The Labute approximate surface area is 135 Å². The third-order valence-corrected chi connectivity index (χ3v) is 6.22. The first kappa shape index (κ1) is 18.1. The zero-order valence-electron chi connectivity index (χ0n) is 14.3. The number of nitrogens with one attached hydrogen (secondary N) is 1. The van der Waals surface area contributed by atoms with Crippen LogP contribution in [0.1, 0.15) is 34.1 Å². The highest BCUT2D eigenvalue weighted by Gasteiger charge is 2.34. The van der Waals surface area contributed by atoms with Gasteiger partial charge in [-0.15, -0.1) is 0 Å². The predicted octanol–water partition coefficient (Wildman–Crippen LogP) is 0.910. The molecule has 2 aliphatic heterocycles. The summed E-state index contributed by atoms with van der Waals surface area (Å²) in [5.74, 6) is 0.847. The fraction of sp³-hybridized carbons (Fsp3) is 1.00.